The molecule has 1 fully saturated rings. The first-order valence-electron chi connectivity index (χ1n) is 7.66. The van der Waals surface area contributed by atoms with Crippen LogP contribution in [0.25, 0.3) is 10.8 Å². The fraction of sp³-hybridized carbons (Fsp3) is 0.471. The molecular formula is C17H24N4. The molecule has 1 aromatic heterocycles. The fourth-order valence-corrected chi connectivity index (χ4v) is 3.13. The fourth-order valence-electron chi connectivity index (χ4n) is 3.13. The molecule has 2 unspecified atom stereocenters. The van der Waals surface area contributed by atoms with E-state index in [9.17, 15) is 0 Å². The van der Waals surface area contributed by atoms with Crippen molar-refractivity contribution in [3.8, 4) is 0 Å². The highest BCUT2D eigenvalue weighted by Crippen LogP contribution is 2.30. The van der Waals surface area contributed by atoms with Gasteiger partial charge in [0, 0.05) is 52.7 Å². The number of likely N-dealkylation sites (tertiary alicyclic amines) is 1. The lowest BCUT2D eigenvalue weighted by Crippen LogP contribution is -2.42. The maximum Gasteiger partial charge on any atom is 0.0424 e. The lowest BCUT2D eigenvalue weighted by Gasteiger charge is -2.36. The summed E-state index contributed by atoms with van der Waals surface area (Å²) in [6, 6.07) is 7.34. The second-order valence-electron chi connectivity index (χ2n) is 6.27. The molecule has 2 heterocycles. The van der Waals surface area contributed by atoms with Gasteiger partial charge in [0.25, 0.3) is 0 Å². The molecule has 2 atom stereocenters. The molecule has 0 spiro atoms. The first-order chi connectivity index (χ1) is 10.0. The Morgan fingerprint density at radius 2 is 2.14 bits per heavy atom. The molecule has 1 aromatic carbocycles. The topological polar surface area (TPSA) is 54.2 Å². The molecule has 1 saturated heterocycles. The normalized spacial score (nSPS) is 23.4. The Hall–Kier alpha value is -1.81. The van der Waals surface area contributed by atoms with E-state index in [1.165, 1.54) is 23.9 Å². The quantitative estimate of drug-likeness (QED) is 0.832. The summed E-state index contributed by atoms with van der Waals surface area (Å²) in [5.41, 5.74) is 9.06. The first kappa shape index (κ1) is 14.1. The number of aryl methyl sites for hydroxylation is 1. The van der Waals surface area contributed by atoms with Crippen molar-refractivity contribution < 1.29 is 0 Å². The molecule has 3 rings (SSSR count). The lowest BCUT2D eigenvalue weighted by molar-refractivity contribution is 0.190. The van der Waals surface area contributed by atoms with Crippen LogP contribution >= 0.6 is 0 Å². The van der Waals surface area contributed by atoms with E-state index in [1.54, 1.807) is 0 Å². The van der Waals surface area contributed by atoms with Gasteiger partial charge in [-0.2, -0.15) is 0 Å². The summed E-state index contributed by atoms with van der Waals surface area (Å²) in [4.78, 5) is 6.79. The van der Waals surface area contributed by atoms with Crippen LogP contribution in [0.2, 0.25) is 0 Å². The Morgan fingerprint density at radius 1 is 1.33 bits per heavy atom. The van der Waals surface area contributed by atoms with Gasteiger partial charge in [-0.1, -0.05) is 0 Å². The number of anilines is 2. The predicted molar refractivity (Wildman–Crippen MR) is 89.6 cm³/mol. The van der Waals surface area contributed by atoms with E-state index >= 15 is 0 Å². The van der Waals surface area contributed by atoms with Gasteiger partial charge in [0.2, 0.25) is 0 Å². The number of piperidine rings is 1. The van der Waals surface area contributed by atoms with E-state index in [4.69, 9.17) is 5.73 Å². The molecule has 21 heavy (non-hydrogen) atoms. The third kappa shape index (κ3) is 2.81. The van der Waals surface area contributed by atoms with E-state index in [2.05, 4.69) is 41.3 Å². The predicted octanol–water partition coefficient (Wildman–Crippen LogP) is 3.02. The molecule has 0 bridgehead atoms. The van der Waals surface area contributed by atoms with Crippen LogP contribution in [0.15, 0.2) is 24.4 Å². The third-order valence-corrected chi connectivity index (χ3v) is 4.64. The first-order valence-corrected chi connectivity index (χ1v) is 7.66. The van der Waals surface area contributed by atoms with Gasteiger partial charge in [-0.05, 0) is 51.9 Å². The molecule has 112 valence electrons. The van der Waals surface area contributed by atoms with Gasteiger partial charge in [0.1, 0.15) is 0 Å². The van der Waals surface area contributed by atoms with Gasteiger partial charge in [0.15, 0.2) is 0 Å². The number of nitrogens with one attached hydrogen (secondary N) is 1. The van der Waals surface area contributed by atoms with E-state index in [0.29, 0.717) is 12.1 Å². The van der Waals surface area contributed by atoms with Gasteiger partial charge in [-0.25, -0.2) is 0 Å². The molecular weight excluding hydrogens is 260 g/mol. The summed E-state index contributed by atoms with van der Waals surface area (Å²) in [6.07, 6.45) is 4.23. The van der Waals surface area contributed by atoms with Gasteiger partial charge >= 0.3 is 0 Å². The second-order valence-corrected chi connectivity index (χ2v) is 6.27. The number of pyridine rings is 1. The van der Waals surface area contributed by atoms with Crippen molar-refractivity contribution in [3.63, 3.8) is 0 Å². The minimum absolute atomic E-state index is 0.525. The summed E-state index contributed by atoms with van der Waals surface area (Å²) < 4.78 is 0. The molecule has 4 nitrogen and oxygen atoms in total. The third-order valence-electron chi connectivity index (χ3n) is 4.64. The largest absolute Gasteiger partial charge is 0.398 e. The highest BCUT2D eigenvalue weighted by molar-refractivity contribution is 6.00. The Bertz CT molecular complexity index is 653. The Morgan fingerprint density at radius 3 is 2.90 bits per heavy atom. The number of nitrogens with zero attached hydrogens (tertiary/aromatic N) is 2. The molecule has 3 N–H and O–H groups in total. The van der Waals surface area contributed by atoms with E-state index < -0.39 is 0 Å². The molecule has 4 heteroatoms. The van der Waals surface area contributed by atoms with Gasteiger partial charge < -0.3 is 16.0 Å². The van der Waals surface area contributed by atoms with Gasteiger partial charge in [0.05, 0.1) is 0 Å². The summed E-state index contributed by atoms with van der Waals surface area (Å²) >= 11 is 0. The molecule has 1 aliphatic rings. The maximum absolute atomic E-state index is 6.07. The summed E-state index contributed by atoms with van der Waals surface area (Å²) in [7, 11) is 2.20. The number of rotatable bonds is 2. The van der Waals surface area contributed by atoms with Crippen molar-refractivity contribution in [1.82, 2.24) is 9.88 Å². The number of aromatic nitrogens is 1. The summed E-state index contributed by atoms with van der Waals surface area (Å²) in [5, 5.41) is 5.93. The van der Waals surface area contributed by atoms with Crippen molar-refractivity contribution in [2.45, 2.75) is 38.8 Å². The standard InChI is InChI=1S/C17H24N4/c1-11-8-14-15(10-19-11)16(18)4-5-17(14)20-13-6-7-21(3)12(2)9-13/h4-5,8,10,12-13,20H,6-7,9,18H2,1-3H3. The number of nitrogens with two attached hydrogens (primary N) is 1. The summed E-state index contributed by atoms with van der Waals surface area (Å²) in [5.74, 6) is 0. The van der Waals surface area contributed by atoms with Crippen LogP contribution in [-0.2, 0) is 0 Å². The van der Waals surface area contributed by atoms with Crippen LogP contribution in [0.5, 0.6) is 0 Å². The van der Waals surface area contributed by atoms with Crippen LogP contribution in [0.3, 0.4) is 0 Å². The van der Waals surface area contributed by atoms with Crippen LogP contribution in [0.1, 0.15) is 25.5 Å². The van der Waals surface area contributed by atoms with Crippen LogP contribution in [0, 0.1) is 6.92 Å². The Balaban J connectivity index is 1.90. The monoisotopic (exact) mass is 284 g/mol. The lowest BCUT2D eigenvalue weighted by atomic mass is 9.98. The van der Waals surface area contributed by atoms with Crippen molar-refractivity contribution >= 4 is 22.1 Å². The Labute approximate surface area is 126 Å². The average Bonchev–Trinajstić information content (AvgIpc) is 2.46. The van der Waals surface area contributed by atoms with E-state index in [1.807, 2.05) is 19.2 Å². The van der Waals surface area contributed by atoms with Crippen LogP contribution < -0.4 is 11.1 Å². The van der Waals surface area contributed by atoms with Crippen molar-refractivity contribution in [2.24, 2.45) is 0 Å². The van der Waals surface area contributed by atoms with Gasteiger partial charge in [-0.15, -0.1) is 0 Å². The minimum atomic E-state index is 0.525. The molecule has 1 aliphatic heterocycles. The zero-order valence-corrected chi connectivity index (χ0v) is 13.1. The Kier molecular flexibility index (Phi) is 3.72. The minimum Gasteiger partial charge on any atom is -0.398 e. The highest BCUT2D eigenvalue weighted by Gasteiger charge is 2.23. The molecule has 2 aromatic rings. The van der Waals surface area contributed by atoms with E-state index in [-0.39, 0.29) is 0 Å². The molecule has 0 radical (unpaired) electrons. The zero-order chi connectivity index (χ0) is 15.0. The van der Waals surface area contributed by atoms with Gasteiger partial charge in [-0.3, -0.25) is 4.98 Å². The number of fused-ring (bicyclic) bond motifs is 1. The number of hydrogen-bond acceptors (Lipinski definition) is 4. The van der Waals surface area contributed by atoms with Crippen molar-refractivity contribution in [1.29, 1.82) is 0 Å². The molecule has 0 saturated carbocycles. The number of hydrogen-bond donors (Lipinski definition) is 2. The van der Waals surface area contributed by atoms with Crippen LogP contribution in [-0.4, -0.2) is 35.6 Å². The molecule has 0 amide bonds. The SMILES string of the molecule is Cc1cc2c(NC3CCN(C)C(C)C3)ccc(N)c2cn1. The van der Waals surface area contributed by atoms with Crippen molar-refractivity contribution in [3.05, 3.63) is 30.1 Å². The number of nitrogen functional groups attached to an aromatic ring is 1. The summed E-state index contributed by atoms with van der Waals surface area (Å²) in [6.45, 7) is 5.46. The highest BCUT2D eigenvalue weighted by atomic mass is 15.1. The maximum atomic E-state index is 6.07. The smallest absolute Gasteiger partial charge is 0.0424 e. The van der Waals surface area contributed by atoms with Crippen LogP contribution in [0.4, 0.5) is 11.4 Å². The van der Waals surface area contributed by atoms with Crippen molar-refractivity contribution in [2.75, 3.05) is 24.6 Å². The second kappa shape index (κ2) is 5.53. The van der Waals surface area contributed by atoms with E-state index in [0.717, 1.165) is 23.3 Å². The average molecular weight is 284 g/mol. The number of benzene rings is 1. The zero-order valence-electron chi connectivity index (χ0n) is 13.1. The molecule has 0 aliphatic carbocycles.